The molecule has 0 bridgehead atoms. The fourth-order valence-electron chi connectivity index (χ4n) is 1.95. The summed E-state index contributed by atoms with van der Waals surface area (Å²) in [7, 11) is 0. The zero-order valence-electron chi connectivity index (χ0n) is 13.2. The number of nitrogens with one attached hydrogen (secondary N) is 1. The minimum absolute atomic E-state index is 0.268. The molecule has 0 aliphatic heterocycles. The molecular weight excluding hydrogens is 294 g/mol. The summed E-state index contributed by atoms with van der Waals surface area (Å²) in [5, 5.41) is 5.76. The van der Waals surface area contributed by atoms with Crippen LogP contribution in [0.1, 0.15) is 50.8 Å². The summed E-state index contributed by atoms with van der Waals surface area (Å²) in [4.78, 5) is 22.5. The van der Waals surface area contributed by atoms with Gasteiger partial charge in [0.25, 0.3) is 0 Å². The minimum atomic E-state index is -0.272. The molecule has 0 heterocycles. The van der Waals surface area contributed by atoms with E-state index in [2.05, 4.69) is 30.3 Å². The largest absolute Gasteiger partial charge is 0.351 e. The molecule has 1 rings (SSSR count). The molecule has 0 spiro atoms. The number of thioether (sulfide) groups is 1. The van der Waals surface area contributed by atoms with E-state index in [9.17, 15) is 9.59 Å². The van der Waals surface area contributed by atoms with E-state index in [-0.39, 0.29) is 12.5 Å². The summed E-state index contributed by atoms with van der Waals surface area (Å²) in [5.74, 6) is 3.06. The molecule has 1 aromatic rings. The van der Waals surface area contributed by atoms with Gasteiger partial charge in [0, 0.05) is 17.7 Å². The Morgan fingerprint density at radius 1 is 1.27 bits per heavy atom. The molecule has 1 atom stereocenters. The van der Waals surface area contributed by atoms with Crippen LogP contribution in [0.2, 0.25) is 0 Å². The first kappa shape index (κ1) is 18.1. The van der Waals surface area contributed by atoms with Crippen LogP contribution in [0.4, 0.5) is 0 Å². The molecule has 0 aromatic heterocycles. The van der Waals surface area contributed by atoms with Gasteiger partial charge in [-0.15, -0.1) is 0 Å². The fourth-order valence-corrected chi connectivity index (χ4v) is 2.73. The first-order chi connectivity index (χ1) is 10.6. The molecule has 22 heavy (non-hydrogen) atoms. The number of aldehydes is 1. The zero-order chi connectivity index (χ0) is 16.4. The molecule has 1 unspecified atom stereocenters. The first-order valence-corrected chi connectivity index (χ1v) is 8.01. The van der Waals surface area contributed by atoms with Gasteiger partial charge in [-0.3, -0.25) is 4.79 Å². The van der Waals surface area contributed by atoms with Crippen LogP contribution in [-0.2, 0) is 9.59 Å². The second-order valence-electron chi connectivity index (χ2n) is 4.93. The summed E-state index contributed by atoms with van der Waals surface area (Å²) in [6.45, 7) is 6.15. The molecule has 116 valence electrons. The lowest BCUT2D eigenvalue weighted by Crippen LogP contribution is -2.19. The highest BCUT2D eigenvalue weighted by molar-refractivity contribution is 8.12. The highest BCUT2D eigenvalue weighted by Crippen LogP contribution is 2.31. The van der Waals surface area contributed by atoms with Crippen molar-refractivity contribution in [2.45, 2.75) is 39.7 Å². The van der Waals surface area contributed by atoms with Gasteiger partial charge in [0.2, 0.25) is 6.41 Å². The van der Waals surface area contributed by atoms with Gasteiger partial charge in [0.05, 0.1) is 6.04 Å². The molecular formula is C18H21NO2S. The quantitative estimate of drug-likeness (QED) is 0.613. The van der Waals surface area contributed by atoms with Crippen LogP contribution < -0.4 is 5.32 Å². The Balaban J connectivity index is 3.00. The lowest BCUT2D eigenvalue weighted by Gasteiger charge is -2.14. The van der Waals surface area contributed by atoms with Crippen molar-refractivity contribution >= 4 is 29.4 Å². The minimum Gasteiger partial charge on any atom is -0.351 e. The fraction of sp³-hybridized carbons (Fsp3) is 0.333. The standard InChI is InChI=1S/C18H21NO2S/c1-4-5-12-22-18(14(2)3)16-8-6-15(7-9-16)17(10-11-20)19-13-21/h6-9,11,13,17H,4,10H2,1-3H3,(H,19,21). The van der Waals surface area contributed by atoms with E-state index in [1.165, 1.54) is 17.3 Å². The van der Waals surface area contributed by atoms with Crippen molar-refractivity contribution < 1.29 is 9.59 Å². The summed E-state index contributed by atoms with van der Waals surface area (Å²) in [6.07, 6.45) is 2.55. The molecule has 0 saturated carbocycles. The average molecular weight is 315 g/mol. The number of hydrogen-bond donors (Lipinski definition) is 1. The van der Waals surface area contributed by atoms with E-state index in [4.69, 9.17) is 0 Å². The number of carbonyl (C=O) groups excluding carboxylic acids is 2. The number of carbonyl (C=O) groups is 2. The van der Waals surface area contributed by atoms with E-state index >= 15 is 0 Å². The maximum Gasteiger partial charge on any atom is 0.207 e. The average Bonchev–Trinajstić information content (AvgIpc) is 2.51. The molecule has 3 nitrogen and oxygen atoms in total. The third-order valence-corrected chi connectivity index (χ3v) is 4.13. The monoisotopic (exact) mass is 315 g/mol. The number of benzene rings is 1. The van der Waals surface area contributed by atoms with E-state index in [0.717, 1.165) is 28.7 Å². The van der Waals surface area contributed by atoms with Crippen molar-refractivity contribution in [3.05, 3.63) is 41.0 Å². The van der Waals surface area contributed by atoms with E-state index in [0.29, 0.717) is 6.41 Å². The van der Waals surface area contributed by atoms with Crippen LogP contribution in [0.25, 0.3) is 4.91 Å². The van der Waals surface area contributed by atoms with Crippen molar-refractivity contribution in [1.29, 1.82) is 0 Å². The molecule has 0 saturated heterocycles. The number of hydrogen-bond acceptors (Lipinski definition) is 3. The van der Waals surface area contributed by atoms with Gasteiger partial charge in [-0.2, -0.15) is 0 Å². The van der Waals surface area contributed by atoms with Crippen LogP contribution in [-0.4, -0.2) is 12.7 Å². The van der Waals surface area contributed by atoms with Crippen molar-refractivity contribution in [2.75, 3.05) is 0 Å². The van der Waals surface area contributed by atoms with Crippen LogP contribution in [0.15, 0.2) is 29.8 Å². The molecule has 0 fully saturated rings. The third-order valence-electron chi connectivity index (χ3n) is 3.03. The first-order valence-electron chi connectivity index (χ1n) is 7.19. The van der Waals surface area contributed by atoms with E-state index in [1.54, 1.807) is 0 Å². The molecule has 1 amide bonds. The van der Waals surface area contributed by atoms with E-state index < -0.39 is 0 Å². The van der Waals surface area contributed by atoms with Gasteiger partial charge in [-0.1, -0.05) is 42.7 Å². The summed E-state index contributed by atoms with van der Waals surface area (Å²) >= 11 is 1.53. The highest BCUT2D eigenvalue weighted by Gasteiger charge is 2.11. The van der Waals surface area contributed by atoms with Crippen LogP contribution in [0.3, 0.4) is 0 Å². The Morgan fingerprint density at radius 2 is 1.95 bits per heavy atom. The van der Waals surface area contributed by atoms with Crippen molar-refractivity contribution in [2.24, 2.45) is 0 Å². The number of rotatable bonds is 7. The normalized spacial score (nSPS) is 10.9. The third kappa shape index (κ3) is 5.42. The molecule has 1 aromatic carbocycles. The van der Waals surface area contributed by atoms with Gasteiger partial charge in [-0.05, 0) is 42.0 Å². The summed E-state index contributed by atoms with van der Waals surface area (Å²) < 4.78 is 0. The van der Waals surface area contributed by atoms with Crippen molar-refractivity contribution in [3.63, 3.8) is 0 Å². The molecule has 0 radical (unpaired) electrons. The maximum absolute atomic E-state index is 10.7. The Hall–Kier alpha value is -1.99. The van der Waals surface area contributed by atoms with Crippen LogP contribution in [0.5, 0.6) is 0 Å². The SMILES string of the molecule is CCC#CSC(=C(C)C)c1ccc(C(CC=O)NC=O)cc1. The Morgan fingerprint density at radius 3 is 2.45 bits per heavy atom. The summed E-state index contributed by atoms with van der Waals surface area (Å²) in [6, 6.07) is 7.62. The van der Waals surface area contributed by atoms with Crippen molar-refractivity contribution in [3.8, 4) is 11.2 Å². The molecule has 4 heteroatoms. The van der Waals surface area contributed by atoms with Gasteiger partial charge < -0.3 is 10.1 Å². The number of amides is 1. The zero-order valence-corrected chi connectivity index (χ0v) is 14.0. The predicted molar refractivity (Wildman–Crippen MR) is 93.0 cm³/mol. The predicted octanol–water partition coefficient (Wildman–Crippen LogP) is 3.92. The maximum atomic E-state index is 10.7. The van der Waals surface area contributed by atoms with Gasteiger partial charge in [0.1, 0.15) is 6.29 Å². The topological polar surface area (TPSA) is 46.2 Å². The van der Waals surface area contributed by atoms with E-state index in [1.807, 2.05) is 31.2 Å². The van der Waals surface area contributed by atoms with Crippen molar-refractivity contribution in [1.82, 2.24) is 5.32 Å². The smallest absolute Gasteiger partial charge is 0.207 e. The second kappa shape index (κ2) is 9.86. The Kier molecular flexibility index (Phi) is 8.09. The lowest BCUT2D eigenvalue weighted by atomic mass is 10.0. The Labute approximate surface area is 136 Å². The van der Waals surface area contributed by atoms with Gasteiger partial charge in [-0.25, -0.2) is 0 Å². The molecule has 0 aliphatic rings. The second-order valence-corrected chi connectivity index (χ2v) is 5.74. The van der Waals surface area contributed by atoms with Crippen LogP contribution in [0, 0.1) is 11.2 Å². The number of allylic oxidation sites excluding steroid dienone is 1. The van der Waals surface area contributed by atoms with Gasteiger partial charge >= 0.3 is 0 Å². The Bertz CT molecular complexity index is 580. The van der Waals surface area contributed by atoms with Crippen LogP contribution >= 0.6 is 11.8 Å². The van der Waals surface area contributed by atoms with Gasteiger partial charge in [0.15, 0.2) is 0 Å². The molecule has 1 N–H and O–H groups in total. The summed E-state index contributed by atoms with van der Waals surface area (Å²) in [5.41, 5.74) is 3.22. The highest BCUT2D eigenvalue weighted by atomic mass is 32.2. The lowest BCUT2D eigenvalue weighted by molar-refractivity contribution is -0.111. The molecule has 0 aliphatic carbocycles.